The number of aromatic nitrogens is 2. The first-order chi connectivity index (χ1) is 5.16. The predicted octanol–water partition coefficient (Wildman–Crippen LogP) is 1.04. The van der Waals surface area contributed by atoms with Crippen LogP contribution in [-0.4, -0.2) is 16.1 Å². The second kappa shape index (κ2) is 3.19. The van der Waals surface area contributed by atoms with Gasteiger partial charge in [0.1, 0.15) is 0 Å². The highest BCUT2D eigenvalue weighted by Gasteiger charge is 2.15. The molecule has 0 aliphatic carbocycles. The van der Waals surface area contributed by atoms with Crippen molar-refractivity contribution in [3.8, 4) is 0 Å². The summed E-state index contributed by atoms with van der Waals surface area (Å²) in [6.07, 6.45) is 0.231. The summed E-state index contributed by atoms with van der Waals surface area (Å²) < 4.78 is 14.5. The van der Waals surface area contributed by atoms with Crippen molar-refractivity contribution in [2.45, 2.75) is 6.17 Å². The molecule has 1 atom stereocenters. The molecule has 1 aromatic heterocycles. The van der Waals surface area contributed by atoms with Crippen molar-refractivity contribution in [3.05, 3.63) is 17.2 Å². The molecule has 0 fully saturated rings. The van der Waals surface area contributed by atoms with Crippen LogP contribution in [0.2, 0.25) is 5.15 Å². The average molecular weight is 178 g/mol. The summed E-state index contributed by atoms with van der Waals surface area (Å²) >= 11 is 5.59. The molecule has 0 saturated carbocycles. The number of nitrogens with zero attached hydrogens (tertiary/aromatic N) is 2. The third kappa shape index (κ3) is 1.52. The van der Waals surface area contributed by atoms with Gasteiger partial charge in [0.25, 0.3) is 0 Å². The van der Waals surface area contributed by atoms with E-state index in [1.54, 1.807) is 7.05 Å². The maximum Gasteiger partial charge on any atom is 0.155 e. The van der Waals surface area contributed by atoms with Gasteiger partial charge in [-0.2, -0.15) is 0 Å². The highest BCUT2D eigenvalue weighted by molar-refractivity contribution is 6.30. The Hall–Kier alpha value is -0.610. The normalized spacial score (nSPS) is 13.5. The zero-order valence-electron chi connectivity index (χ0n) is 6.09. The molecule has 0 bridgehead atoms. The molecular formula is C6H9ClFN3. The van der Waals surface area contributed by atoms with E-state index in [0.717, 1.165) is 0 Å². The van der Waals surface area contributed by atoms with Gasteiger partial charge < -0.3 is 10.3 Å². The fourth-order valence-electron chi connectivity index (χ4n) is 0.873. The Balaban J connectivity index is 3.00. The third-order valence-electron chi connectivity index (χ3n) is 1.44. The smallest absolute Gasteiger partial charge is 0.155 e. The molecule has 0 aliphatic rings. The molecule has 0 amide bonds. The van der Waals surface area contributed by atoms with Gasteiger partial charge in [-0.05, 0) is 0 Å². The molecule has 5 heteroatoms. The van der Waals surface area contributed by atoms with Gasteiger partial charge in [0.05, 0.1) is 12.0 Å². The lowest BCUT2D eigenvalue weighted by atomic mass is 10.3. The predicted molar refractivity (Wildman–Crippen MR) is 41.1 cm³/mol. The molecule has 62 valence electrons. The van der Waals surface area contributed by atoms with Crippen LogP contribution in [0, 0.1) is 0 Å². The largest absolute Gasteiger partial charge is 0.334 e. The molecule has 1 rings (SSSR count). The van der Waals surface area contributed by atoms with E-state index in [-0.39, 0.29) is 11.7 Å². The van der Waals surface area contributed by atoms with E-state index in [9.17, 15) is 4.39 Å². The van der Waals surface area contributed by atoms with Crippen molar-refractivity contribution < 1.29 is 4.39 Å². The molecule has 11 heavy (non-hydrogen) atoms. The van der Waals surface area contributed by atoms with E-state index in [1.807, 2.05) is 0 Å². The standard InChI is InChI=1S/C6H9ClFN3/c1-11-3-10-6(7)5(11)4(8)2-9/h3-4H,2,9H2,1H3. The molecule has 3 nitrogen and oxygen atoms in total. The fraction of sp³-hybridized carbons (Fsp3) is 0.500. The lowest BCUT2D eigenvalue weighted by molar-refractivity contribution is 0.338. The Bertz CT molecular complexity index is 228. The van der Waals surface area contributed by atoms with Crippen LogP contribution in [0.25, 0.3) is 0 Å². The topological polar surface area (TPSA) is 43.8 Å². The Kier molecular flexibility index (Phi) is 2.46. The van der Waals surface area contributed by atoms with Crippen LogP contribution in [0.4, 0.5) is 4.39 Å². The lowest BCUT2D eigenvalue weighted by Gasteiger charge is -2.05. The van der Waals surface area contributed by atoms with Crippen LogP contribution in [0.3, 0.4) is 0 Å². The summed E-state index contributed by atoms with van der Waals surface area (Å²) in [5.74, 6) is 0. The third-order valence-corrected chi connectivity index (χ3v) is 1.73. The van der Waals surface area contributed by atoms with Crippen molar-refractivity contribution >= 4 is 11.6 Å². The number of hydrogen-bond donors (Lipinski definition) is 1. The maximum atomic E-state index is 12.9. The molecule has 0 aromatic carbocycles. The molecule has 0 radical (unpaired) electrons. The first kappa shape index (κ1) is 8.49. The maximum absolute atomic E-state index is 12.9. The van der Waals surface area contributed by atoms with E-state index < -0.39 is 6.17 Å². The van der Waals surface area contributed by atoms with Gasteiger partial charge in [0, 0.05) is 13.6 Å². The summed E-state index contributed by atoms with van der Waals surface area (Å²) in [5, 5.41) is 0.186. The number of hydrogen-bond acceptors (Lipinski definition) is 2. The van der Waals surface area contributed by atoms with Crippen LogP contribution in [0.1, 0.15) is 11.9 Å². The van der Waals surface area contributed by atoms with Crippen molar-refractivity contribution in [2.75, 3.05) is 6.54 Å². The van der Waals surface area contributed by atoms with Crippen LogP contribution in [-0.2, 0) is 7.05 Å². The number of rotatable bonds is 2. The van der Waals surface area contributed by atoms with E-state index in [1.165, 1.54) is 10.9 Å². The number of aryl methyl sites for hydroxylation is 1. The Morgan fingerprint density at radius 3 is 2.91 bits per heavy atom. The summed E-state index contributed by atoms with van der Waals surface area (Å²) in [6, 6.07) is 0. The van der Waals surface area contributed by atoms with E-state index in [4.69, 9.17) is 17.3 Å². The summed E-state index contributed by atoms with van der Waals surface area (Å²) in [7, 11) is 1.68. The monoisotopic (exact) mass is 177 g/mol. The van der Waals surface area contributed by atoms with Crippen LogP contribution >= 0.6 is 11.6 Å². The first-order valence-electron chi connectivity index (χ1n) is 3.17. The van der Waals surface area contributed by atoms with Crippen molar-refractivity contribution in [1.29, 1.82) is 0 Å². The summed E-state index contributed by atoms with van der Waals surface area (Å²) in [5.41, 5.74) is 5.47. The first-order valence-corrected chi connectivity index (χ1v) is 3.55. The van der Waals surface area contributed by atoms with Crippen LogP contribution < -0.4 is 5.73 Å². The van der Waals surface area contributed by atoms with Gasteiger partial charge in [0.2, 0.25) is 0 Å². The Morgan fingerprint density at radius 2 is 2.55 bits per heavy atom. The Morgan fingerprint density at radius 1 is 1.91 bits per heavy atom. The van der Waals surface area contributed by atoms with E-state index in [2.05, 4.69) is 4.98 Å². The second-order valence-corrected chi connectivity index (χ2v) is 2.59. The molecule has 0 saturated heterocycles. The highest BCUT2D eigenvalue weighted by Crippen LogP contribution is 2.22. The highest BCUT2D eigenvalue weighted by atomic mass is 35.5. The molecule has 0 spiro atoms. The fourth-order valence-corrected chi connectivity index (χ4v) is 1.17. The molecule has 1 unspecified atom stereocenters. The number of alkyl halides is 1. The van der Waals surface area contributed by atoms with Gasteiger partial charge in [0.15, 0.2) is 11.3 Å². The SMILES string of the molecule is Cn1cnc(Cl)c1C(F)CN. The molecule has 1 heterocycles. The van der Waals surface area contributed by atoms with Gasteiger partial charge in [-0.3, -0.25) is 0 Å². The molecular weight excluding hydrogens is 169 g/mol. The van der Waals surface area contributed by atoms with Crippen molar-refractivity contribution in [1.82, 2.24) is 9.55 Å². The number of nitrogens with two attached hydrogens (primary N) is 1. The van der Waals surface area contributed by atoms with Gasteiger partial charge >= 0.3 is 0 Å². The molecule has 1 aromatic rings. The van der Waals surface area contributed by atoms with Crippen LogP contribution in [0.5, 0.6) is 0 Å². The minimum atomic E-state index is -1.23. The molecule has 0 aliphatic heterocycles. The lowest BCUT2D eigenvalue weighted by Crippen LogP contribution is -2.11. The van der Waals surface area contributed by atoms with Gasteiger partial charge in [-0.1, -0.05) is 11.6 Å². The van der Waals surface area contributed by atoms with E-state index in [0.29, 0.717) is 5.69 Å². The zero-order valence-corrected chi connectivity index (χ0v) is 6.85. The van der Waals surface area contributed by atoms with Crippen molar-refractivity contribution in [3.63, 3.8) is 0 Å². The molecule has 2 N–H and O–H groups in total. The van der Waals surface area contributed by atoms with Gasteiger partial charge in [-0.25, -0.2) is 9.37 Å². The summed E-state index contributed by atoms with van der Waals surface area (Å²) in [4.78, 5) is 3.72. The zero-order chi connectivity index (χ0) is 8.43. The minimum absolute atomic E-state index is 0.0702. The number of imidazole rings is 1. The van der Waals surface area contributed by atoms with Gasteiger partial charge in [-0.15, -0.1) is 0 Å². The average Bonchev–Trinajstić information content (AvgIpc) is 2.30. The quantitative estimate of drug-likeness (QED) is 0.734. The van der Waals surface area contributed by atoms with Crippen molar-refractivity contribution in [2.24, 2.45) is 12.8 Å². The van der Waals surface area contributed by atoms with E-state index >= 15 is 0 Å². The minimum Gasteiger partial charge on any atom is -0.334 e. The van der Waals surface area contributed by atoms with Crippen LogP contribution in [0.15, 0.2) is 6.33 Å². The summed E-state index contributed by atoms with van der Waals surface area (Å²) in [6.45, 7) is -0.0702. The second-order valence-electron chi connectivity index (χ2n) is 2.23. The number of halogens is 2. The Labute approximate surface area is 69.0 Å².